The zero-order valence-electron chi connectivity index (χ0n) is 10.5. The molecule has 0 aliphatic heterocycles. The molecular weight excluding hydrogens is 294 g/mol. The fraction of sp³-hybridized carbons (Fsp3) is 0.364. The first-order chi connectivity index (χ1) is 9.81. The van der Waals surface area contributed by atoms with Gasteiger partial charge in [-0.15, -0.1) is 0 Å². The molecule has 0 radical (unpaired) electrons. The molecule has 1 aromatic carbocycles. The molecular formula is C11H12F2N2O6. The lowest BCUT2D eigenvalue weighted by Crippen LogP contribution is -2.57. The van der Waals surface area contributed by atoms with Gasteiger partial charge in [0.2, 0.25) is 5.82 Å². The summed E-state index contributed by atoms with van der Waals surface area (Å²) in [6, 6.07) is 1.09. The molecule has 0 saturated carbocycles. The van der Waals surface area contributed by atoms with Crippen molar-refractivity contribution in [1.29, 1.82) is 0 Å². The molecule has 0 heterocycles. The molecule has 1 amide bonds. The summed E-state index contributed by atoms with van der Waals surface area (Å²) in [6.07, 6.45) is 0. The number of nitro groups is 1. The van der Waals surface area contributed by atoms with Crippen LogP contribution < -0.4 is 5.32 Å². The van der Waals surface area contributed by atoms with E-state index in [0.29, 0.717) is 12.1 Å². The average molecular weight is 306 g/mol. The van der Waals surface area contributed by atoms with Crippen molar-refractivity contribution in [3.8, 4) is 0 Å². The Morgan fingerprint density at radius 3 is 2.19 bits per heavy atom. The number of aliphatic hydroxyl groups is 3. The van der Waals surface area contributed by atoms with E-state index in [0.717, 1.165) is 0 Å². The predicted octanol–water partition coefficient (Wildman–Crippen LogP) is -0.682. The van der Waals surface area contributed by atoms with Crippen molar-refractivity contribution >= 4 is 11.6 Å². The van der Waals surface area contributed by atoms with Gasteiger partial charge in [-0.25, -0.2) is 4.39 Å². The molecule has 0 spiro atoms. The van der Waals surface area contributed by atoms with Crippen molar-refractivity contribution in [2.45, 2.75) is 5.54 Å². The third kappa shape index (κ3) is 3.29. The van der Waals surface area contributed by atoms with Crippen molar-refractivity contribution in [2.24, 2.45) is 0 Å². The van der Waals surface area contributed by atoms with E-state index in [4.69, 9.17) is 15.3 Å². The Kier molecular flexibility index (Phi) is 5.24. The monoisotopic (exact) mass is 306 g/mol. The van der Waals surface area contributed by atoms with Gasteiger partial charge >= 0.3 is 5.69 Å². The summed E-state index contributed by atoms with van der Waals surface area (Å²) >= 11 is 0. The van der Waals surface area contributed by atoms with Crippen LogP contribution in [0.4, 0.5) is 14.5 Å². The molecule has 0 fully saturated rings. The number of aliphatic hydroxyl groups excluding tert-OH is 3. The second kappa shape index (κ2) is 6.52. The number of carbonyl (C=O) groups excluding carboxylic acids is 1. The molecule has 0 atom stereocenters. The van der Waals surface area contributed by atoms with Gasteiger partial charge < -0.3 is 20.6 Å². The molecule has 21 heavy (non-hydrogen) atoms. The van der Waals surface area contributed by atoms with Gasteiger partial charge in [-0.1, -0.05) is 0 Å². The number of hydrogen-bond donors (Lipinski definition) is 4. The summed E-state index contributed by atoms with van der Waals surface area (Å²) in [6.45, 7) is -2.74. The fourth-order valence-corrected chi connectivity index (χ4v) is 1.46. The van der Waals surface area contributed by atoms with Crippen LogP contribution >= 0.6 is 0 Å². The molecule has 1 rings (SSSR count). The Morgan fingerprint density at radius 1 is 1.24 bits per heavy atom. The van der Waals surface area contributed by atoms with Crippen molar-refractivity contribution in [3.05, 3.63) is 39.4 Å². The lowest BCUT2D eigenvalue weighted by atomic mass is 10.0. The van der Waals surface area contributed by atoms with Crippen LogP contribution in [-0.4, -0.2) is 51.5 Å². The Morgan fingerprint density at radius 2 is 1.76 bits per heavy atom. The maximum Gasteiger partial charge on any atom is 0.305 e. The molecule has 0 aliphatic carbocycles. The van der Waals surface area contributed by atoms with E-state index in [1.54, 1.807) is 0 Å². The third-order valence-corrected chi connectivity index (χ3v) is 2.78. The third-order valence-electron chi connectivity index (χ3n) is 2.78. The van der Waals surface area contributed by atoms with Gasteiger partial charge in [0, 0.05) is 6.07 Å². The number of amides is 1. The number of hydrogen-bond acceptors (Lipinski definition) is 6. The van der Waals surface area contributed by atoms with Gasteiger partial charge in [0.1, 0.15) is 16.9 Å². The number of nitrogens with zero attached hydrogens (tertiary/aromatic N) is 1. The SMILES string of the molecule is O=C(NC(CO)(CO)CO)c1c(F)ccc([N+](=O)[O-])c1F. The van der Waals surface area contributed by atoms with Crippen LogP contribution in [0.15, 0.2) is 12.1 Å². The van der Waals surface area contributed by atoms with Crippen molar-refractivity contribution in [1.82, 2.24) is 5.32 Å². The minimum absolute atomic E-state index is 0.536. The highest BCUT2D eigenvalue weighted by Gasteiger charge is 2.34. The molecule has 0 unspecified atom stereocenters. The number of halogens is 2. The van der Waals surface area contributed by atoms with E-state index in [2.05, 4.69) is 0 Å². The minimum Gasteiger partial charge on any atom is -0.394 e. The van der Waals surface area contributed by atoms with E-state index >= 15 is 0 Å². The highest BCUT2D eigenvalue weighted by Crippen LogP contribution is 2.23. The second-order valence-electron chi connectivity index (χ2n) is 4.22. The van der Waals surface area contributed by atoms with Gasteiger partial charge in [-0.3, -0.25) is 14.9 Å². The van der Waals surface area contributed by atoms with Gasteiger partial charge in [-0.2, -0.15) is 4.39 Å². The van der Waals surface area contributed by atoms with E-state index in [1.165, 1.54) is 0 Å². The maximum absolute atomic E-state index is 13.8. The van der Waals surface area contributed by atoms with Crippen LogP contribution in [0.5, 0.6) is 0 Å². The van der Waals surface area contributed by atoms with Crippen molar-refractivity contribution in [2.75, 3.05) is 19.8 Å². The molecule has 0 aromatic heterocycles. The molecule has 0 saturated heterocycles. The quantitative estimate of drug-likeness (QED) is 0.406. The smallest absolute Gasteiger partial charge is 0.305 e. The largest absolute Gasteiger partial charge is 0.394 e. The van der Waals surface area contributed by atoms with Gasteiger partial charge in [0.05, 0.1) is 24.7 Å². The predicted molar refractivity (Wildman–Crippen MR) is 64.5 cm³/mol. The van der Waals surface area contributed by atoms with Crippen LogP contribution in [0.2, 0.25) is 0 Å². The summed E-state index contributed by atoms with van der Waals surface area (Å²) in [5, 5.41) is 39.5. The van der Waals surface area contributed by atoms with E-state index in [9.17, 15) is 23.7 Å². The first-order valence-corrected chi connectivity index (χ1v) is 5.59. The Hall–Kier alpha value is -2.17. The first-order valence-electron chi connectivity index (χ1n) is 5.59. The van der Waals surface area contributed by atoms with Crippen LogP contribution in [0, 0.1) is 21.7 Å². The molecule has 4 N–H and O–H groups in total. The van der Waals surface area contributed by atoms with Crippen LogP contribution in [0.3, 0.4) is 0 Å². The number of carbonyl (C=O) groups is 1. The molecule has 8 nitrogen and oxygen atoms in total. The van der Waals surface area contributed by atoms with Gasteiger partial charge in [-0.05, 0) is 6.07 Å². The normalized spacial score (nSPS) is 11.3. The fourth-order valence-electron chi connectivity index (χ4n) is 1.46. The summed E-state index contributed by atoms with van der Waals surface area (Å²) in [5.74, 6) is -4.51. The Bertz CT molecular complexity index is 554. The summed E-state index contributed by atoms with van der Waals surface area (Å²) in [5.41, 5.74) is -4.27. The first kappa shape index (κ1) is 16.9. The lowest BCUT2D eigenvalue weighted by molar-refractivity contribution is -0.387. The Labute approximate surface area is 116 Å². The van der Waals surface area contributed by atoms with E-state index < -0.39 is 59.1 Å². The zero-order chi connectivity index (χ0) is 16.2. The zero-order valence-corrected chi connectivity index (χ0v) is 10.5. The van der Waals surface area contributed by atoms with Gasteiger partial charge in [0.25, 0.3) is 5.91 Å². The Balaban J connectivity index is 3.25. The lowest BCUT2D eigenvalue weighted by Gasteiger charge is -2.28. The standard InChI is InChI=1S/C11H12F2N2O6/c12-6-1-2-7(15(20)21)9(13)8(6)10(19)14-11(3-16,4-17)5-18/h1-2,16-18H,3-5H2,(H,14,19). The highest BCUT2D eigenvalue weighted by molar-refractivity contribution is 5.96. The maximum atomic E-state index is 13.8. The number of nitro benzene ring substituents is 1. The number of nitrogens with one attached hydrogen (secondary N) is 1. The second-order valence-corrected chi connectivity index (χ2v) is 4.22. The molecule has 0 aliphatic rings. The van der Waals surface area contributed by atoms with E-state index in [-0.39, 0.29) is 0 Å². The summed E-state index contributed by atoms with van der Waals surface area (Å²) < 4.78 is 27.3. The van der Waals surface area contributed by atoms with Crippen molar-refractivity contribution in [3.63, 3.8) is 0 Å². The topological polar surface area (TPSA) is 133 Å². The average Bonchev–Trinajstić information content (AvgIpc) is 2.44. The molecule has 116 valence electrons. The number of benzene rings is 1. The van der Waals surface area contributed by atoms with Crippen LogP contribution in [0.25, 0.3) is 0 Å². The van der Waals surface area contributed by atoms with Crippen LogP contribution in [-0.2, 0) is 0 Å². The highest BCUT2D eigenvalue weighted by atomic mass is 19.1. The molecule has 10 heteroatoms. The summed E-state index contributed by atoms with van der Waals surface area (Å²) in [7, 11) is 0. The number of rotatable bonds is 6. The van der Waals surface area contributed by atoms with Crippen LogP contribution in [0.1, 0.15) is 10.4 Å². The molecule has 0 bridgehead atoms. The van der Waals surface area contributed by atoms with Gasteiger partial charge in [0.15, 0.2) is 0 Å². The van der Waals surface area contributed by atoms with Crippen molar-refractivity contribution < 1.29 is 33.8 Å². The molecule has 1 aromatic rings. The van der Waals surface area contributed by atoms with E-state index in [1.807, 2.05) is 5.32 Å². The minimum atomic E-state index is -1.92. The summed E-state index contributed by atoms with van der Waals surface area (Å²) in [4.78, 5) is 21.2.